The fourth-order valence-corrected chi connectivity index (χ4v) is 3.54. The van der Waals surface area contributed by atoms with Gasteiger partial charge >= 0.3 is 0 Å². The molecule has 0 atom stereocenters. The molecule has 0 saturated heterocycles. The van der Waals surface area contributed by atoms with Crippen LogP contribution in [0.3, 0.4) is 0 Å². The highest BCUT2D eigenvalue weighted by molar-refractivity contribution is 5.78. The molecule has 0 bridgehead atoms. The molecule has 2 aromatic rings. The number of hydrogen-bond donors (Lipinski definition) is 1. The van der Waals surface area contributed by atoms with Gasteiger partial charge in [0.25, 0.3) is 0 Å². The van der Waals surface area contributed by atoms with Crippen LogP contribution >= 0.6 is 0 Å². The first-order valence-electron chi connectivity index (χ1n) is 7.16. The summed E-state index contributed by atoms with van der Waals surface area (Å²) < 4.78 is 1.81. The first-order valence-corrected chi connectivity index (χ1v) is 7.16. The van der Waals surface area contributed by atoms with Gasteiger partial charge in [0, 0.05) is 18.5 Å². The van der Waals surface area contributed by atoms with E-state index in [9.17, 15) is 0 Å². The summed E-state index contributed by atoms with van der Waals surface area (Å²) in [5.41, 5.74) is 10.2. The van der Waals surface area contributed by atoms with Gasteiger partial charge in [-0.1, -0.05) is 58.0 Å². The zero-order chi connectivity index (χ0) is 14.7. The van der Waals surface area contributed by atoms with Gasteiger partial charge < -0.3 is 5.73 Å². The minimum absolute atomic E-state index is 0.261. The van der Waals surface area contributed by atoms with Crippen molar-refractivity contribution in [3.8, 4) is 11.1 Å². The number of aromatic nitrogens is 2. The van der Waals surface area contributed by atoms with Crippen LogP contribution in [-0.4, -0.2) is 9.78 Å². The number of nitrogen functional groups attached to an aromatic ring is 1. The van der Waals surface area contributed by atoms with E-state index in [1.54, 1.807) is 0 Å². The molecule has 1 aromatic carbocycles. The predicted molar refractivity (Wildman–Crippen MR) is 83.4 cm³/mol. The summed E-state index contributed by atoms with van der Waals surface area (Å²) in [4.78, 5) is 0. The van der Waals surface area contributed by atoms with Gasteiger partial charge in [-0.3, -0.25) is 4.68 Å². The van der Waals surface area contributed by atoms with E-state index in [-0.39, 0.29) is 10.8 Å². The molecule has 1 heterocycles. The van der Waals surface area contributed by atoms with Crippen molar-refractivity contribution < 1.29 is 0 Å². The van der Waals surface area contributed by atoms with Crippen molar-refractivity contribution in [3.05, 3.63) is 36.0 Å². The number of hydrogen-bond acceptors (Lipinski definition) is 2. The van der Waals surface area contributed by atoms with Crippen LogP contribution in [0, 0.1) is 10.8 Å². The van der Waals surface area contributed by atoms with Gasteiger partial charge in [0.1, 0.15) is 5.82 Å². The summed E-state index contributed by atoms with van der Waals surface area (Å²) in [6.45, 7) is 9.27. The molecule has 3 heteroatoms. The standard InChI is InChI=1S/C17H23N3/c1-16(2)14(17(16,3)4)13-12(15(18)20(5)19-13)11-9-7-6-8-10-11/h6-10,14H,18H2,1-5H3. The van der Waals surface area contributed by atoms with E-state index in [2.05, 4.69) is 52.0 Å². The van der Waals surface area contributed by atoms with Gasteiger partial charge in [-0.2, -0.15) is 5.10 Å². The predicted octanol–water partition coefficient (Wildman–Crippen LogP) is 3.82. The molecule has 0 radical (unpaired) electrons. The summed E-state index contributed by atoms with van der Waals surface area (Å²) in [5.74, 6) is 1.21. The maximum absolute atomic E-state index is 6.28. The van der Waals surface area contributed by atoms with Crippen molar-refractivity contribution >= 4 is 5.82 Å². The summed E-state index contributed by atoms with van der Waals surface area (Å²) in [6.07, 6.45) is 0. The van der Waals surface area contributed by atoms with E-state index < -0.39 is 0 Å². The van der Waals surface area contributed by atoms with Crippen molar-refractivity contribution in [1.82, 2.24) is 9.78 Å². The molecule has 0 amide bonds. The van der Waals surface area contributed by atoms with Crippen molar-refractivity contribution in [2.45, 2.75) is 33.6 Å². The molecule has 1 aliphatic carbocycles. The number of rotatable bonds is 2. The summed E-state index contributed by atoms with van der Waals surface area (Å²) >= 11 is 0. The van der Waals surface area contributed by atoms with Crippen LogP contribution in [0.1, 0.15) is 39.3 Å². The average Bonchev–Trinajstić information content (AvgIpc) is 2.62. The van der Waals surface area contributed by atoms with Crippen molar-refractivity contribution in [1.29, 1.82) is 0 Å². The number of nitrogens with two attached hydrogens (primary N) is 1. The number of aryl methyl sites for hydroxylation is 1. The molecule has 1 aliphatic rings. The fourth-order valence-electron chi connectivity index (χ4n) is 3.54. The Morgan fingerprint density at radius 3 is 2.10 bits per heavy atom. The SMILES string of the molecule is Cn1nc(C2C(C)(C)C2(C)C)c(-c2ccccc2)c1N. The molecule has 2 N–H and O–H groups in total. The molecule has 20 heavy (non-hydrogen) atoms. The Morgan fingerprint density at radius 1 is 1.05 bits per heavy atom. The monoisotopic (exact) mass is 269 g/mol. The minimum Gasteiger partial charge on any atom is -0.383 e. The van der Waals surface area contributed by atoms with Gasteiger partial charge in [0.05, 0.1) is 5.69 Å². The smallest absolute Gasteiger partial charge is 0.129 e. The van der Waals surface area contributed by atoms with E-state index >= 15 is 0 Å². The number of nitrogens with zero attached hydrogens (tertiary/aromatic N) is 2. The Morgan fingerprint density at radius 2 is 1.60 bits per heavy atom. The molecular weight excluding hydrogens is 246 g/mol. The third-order valence-electron chi connectivity index (χ3n) is 5.48. The highest BCUT2D eigenvalue weighted by Crippen LogP contribution is 2.74. The molecule has 0 aliphatic heterocycles. The van der Waals surface area contributed by atoms with E-state index in [0.717, 1.165) is 22.6 Å². The van der Waals surface area contributed by atoms with E-state index in [4.69, 9.17) is 10.8 Å². The molecular formula is C17H23N3. The Bertz CT molecular complexity index is 636. The van der Waals surface area contributed by atoms with Crippen LogP contribution in [0.2, 0.25) is 0 Å². The third-order valence-corrected chi connectivity index (χ3v) is 5.48. The van der Waals surface area contributed by atoms with Gasteiger partial charge in [0.15, 0.2) is 0 Å². The molecule has 0 spiro atoms. The average molecular weight is 269 g/mol. The highest BCUT2D eigenvalue weighted by atomic mass is 15.3. The second-order valence-electron chi connectivity index (χ2n) is 7.01. The number of anilines is 1. The lowest BCUT2D eigenvalue weighted by Gasteiger charge is -2.05. The number of benzene rings is 1. The molecule has 106 valence electrons. The quantitative estimate of drug-likeness (QED) is 0.900. The normalized spacial score (nSPS) is 20.1. The molecule has 1 saturated carbocycles. The van der Waals surface area contributed by atoms with Crippen molar-refractivity contribution in [2.24, 2.45) is 17.9 Å². The van der Waals surface area contributed by atoms with E-state index in [1.165, 1.54) is 0 Å². The lowest BCUT2D eigenvalue weighted by molar-refractivity contribution is 0.457. The van der Waals surface area contributed by atoms with E-state index in [1.807, 2.05) is 17.8 Å². The van der Waals surface area contributed by atoms with Gasteiger partial charge in [0.2, 0.25) is 0 Å². The molecule has 0 unspecified atom stereocenters. The lowest BCUT2D eigenvalue weighted by Crippen LogP contribution is -1.98. The molecule has 1 aromatic heterocycles. The Balaban J connectivity index is 2.18. The van der Waals surface area contributed by atoms with Gasteiger partial charge in [-0.05, 0) is 16.4 Å². The maximum atomic E-state index is 6.28. The lowest BCUT2D eigenvalue weighted by atomic mass is 9.99. The van der Waals surface area contributed by atoms with E-state index in [0.29, 0.717) is 5.92 Å². The van der Waals surface area contributed by atoms with Crippen molar-refractivity contribution in [2.75, 3.05) is 5.73 Å². The van der Waals surface area contributed by atoms with Crippen LogP contribution in [0.4, 0.5) is 5.82 Å². The zero-order valence-corrected chi connectivity index (χ0v) is 12.9. The first-order chi connectivity index (χ1) is 9.28. The summed E-state index contributed by atoms with van der Waals surface area (Å²) in [6, 6.07) is 10.3. The maximum Gasteiger partial charge on any atom is 0.129 e. The van der Waals surface area contributed by atoms with Crippen LogP contribution in [0.25, 0.3) is 11.1 Å². The molecule has 1 fully saturated rings. The van der Waals surface area contributed by atoms with Gasteiger partial charge in [-0.25, -0.2) is 0 Å². The van der Waals surface area contributed by atoms with Crippen LogP contribution in [0.5, 0.6) is 0 Å². The fraction of sp³-hybridized carbons (Fsp3) is 0.471. The Kier molecular flexibility index (Phi) is 2.56. The van der Waals surface area contributed by atoms with Crippen LogP contribution < -0.4 is 5.73 Å². The second kappa shape index (κ2) is 3.87. The Labute approximate surface area is 120 Å². The van der Waals surface area contributed by atoms with Gasteiger partial charge in [-0.15, -0.1) is 0 Å². The van der Waals surface area contributed by atoms with Crippen molar-refractivity contribution in [3.63, 3.8) is 0 Å². The van der Waals surface area contributed by atoms with Crippen LogP contribution in [0.15, 0.2) is 30.3 Å². The highest BCUT2D eigenvalue weighted by Gasteiger charge is 2.66. The third kappa shape index (κ3) is 1.55. The summed E-state index contributed by atoms with van der Waals surface area (Å²) in [7, 11) is 1.92. The first kappa shape index (κ1) is 13.2. The second-order valence-corrected chi connectivity index (χ2v) is 7.01. The molecule has 3 rings (SSSR count). The van der Waals surface area contributed by atoms with Crippen LogP contribution in [-0.2, 0) is 7.05 Å². The summed E-state index contributed by atoms with van der Waals surface area (Å²) in [5, 5.41) is 4.73. The minimum atomic E-state index is 0.261. The largest absolute Gasteiger partial charge is 0.383 e. The molecule has 3 nitrogen and oxygen atoms in total. The Hall–Kier alpha value is -1.77. The zero-order valence-electron chi connectivity index (χ0n) is 12.9. The topological polar surface area (TPSA) is 43.8 Å².